The minimum absolute atomic E-state index is 0.124. The molecule has 2 N–H and O–H groups in total. The van der Waals surface area contributed by atoms with E-state index in [1.54, 1.807) is 6.92 Å². The number of rotatable bonds is 0. The molecule has 0 aromatic carbocycles. The average Bonchev–Trinajstić information content (AvgIpc) is 2.50. The predicted molar refractivity (Wildman–Crippen MR) is 69.2 cm³/mol. The first-order chi connectivity index (χ1) is 8.78. The molecule has 106 valence electrons. The smallest absolute Gasteiger partial charge is 0.334 e. The van der Waals surface area contributed by atoms with Crippen LogP contribution in [0.25, 0.3) is 0 Å². The molecule has 4 heteroatoms. The van der Waals surface area contributed by atoms with Gasteiger partial charge >= 0.3 is 5.97 Å². The summed E-state index contributed by atoms with van der Waals surface area (Å²) in [6.45, 7) is 7.61. The van der Waals surface area contributed by atoms with Gasteiger partial charge in [0.05, 0.1) is 6.10 Å². The minimum Gasteiger partial charge on any atom is -0.452 e. The van der Waals surface area contributed by atoms with Gasteiger partial charge in [0.25, 0.3) is 0 Å². The highest BCUT2D eigenvalue weighted by molar-refractivity contribution is 5.90. The summed E-state index contributed by atoms with van der Waals surface area (Å²) in [7, 11) is 0. The van der Waals surface area contributed by atoms with Crippen LogP contribution in [-0.2, 0) is 9.53 Å². The third kappa shape index (κ3) is 1.56. The Hall–Kier alpha value is -0.870. The van der Waals surface area contributed by atoms with Crippen LogP contribution in [-0.4, -0.2) is 33.5 Å². The number of carbonyl (C=O) groups is 1. The lowest BCUT2D eigenvalue weighted by Crippen LogP contribution is -2.59. The van der Waals surface area contributed by atoms with Crippen LogP contribution in [0.15, 0.2) is 12.2 Å². The lowest BCUT2D eigenvalue weighted by atomic mass is 9.71. The number of hydrogen-bond donors (Lipinski definition) is 2. The Morgan fingerprint density at radius 2 is 2.16 bits per heavy atom. The van der Waals surface area contributed by atoms with Crippen LogP contribution in [0.1, 0.15) is 39.5 Å². The van der Waals surface area contributed by atoms with E-state index in [4.69, 9.17) is 4.74 Å². The third-order valence-electron chi connectivity index (χ3n) is 5.73. The van der Waals surface area contributed by atoms with Crippen molar-refractivity contribution in [3.63, 3.8) is 0 Å². The molecule has 1 aliphatic heterocycles. The van der Waals surface area contributed by atoms with Gasteiger partial charge in [-0.1, -0.05) is 13.5 Å². The standard InChI is InChI=1S/C15H22O4/c1-8-6-12(16)10-7-15(19-13(17)9(10)2)11(8)4-5-14(15,3)18/h8,10-12,16,18H,2,4-7H2,1,3H3/t8-,10+,11-,12-,14+,15+/m0/s1. The van der Waals surface area contributed by atoms with Crippen molar-refractivity contribution < 1.29 is 19.7 Å². The molecule has 0 aromatic rings. The summed E-state index contributed by atoms with van der Waals surface area (Å²) in [6, 6.07) is 0. The lowest BCUT2D eigenvalue weighted by Gasteiger charge is -2.48. The Morgan fingerprint density at radius 1 is 1.47 bits per heavy atom. The fourth-order valence-corrected chi connectivity index (χ4v) is 4.53. The molecular formula is C15H22O4. The number of aliphatic hydroxyl groups excluding tert-OH is 1. The summed E-state index contributed by atoms with van der Waals surface area (Å²) in [5, 5.41) is 21.1. The summed E-state index contributed by atoms with van der Waals surface area (Å²) in [4.78, 5) is 12.1. The first kappa shape index (κ1) is 13.1. The van der Waals surface area contributed by atoms with Crippen molar-refractivity contribution in [2.75, 3.05) is 0 Å². The van der Waals surface area contributed by atoms with Gasteiger partial charge in [-0.3, -0.25) is 0 Å². The summed E-state index contributed by atoms with van der Waals surface area (Å²) in [5.41, 5.74) is -1.49. The van der Waals surface area contributed by atoms with Gasteiger partial charge in [-0.15, -0.1) is 0 Å². The van der Waals surface area contributed by atoms with Crippen LogP contribution in [0.3, 0.4) is 0 Å². The highest BCUT2D eigenvalue weighted by Gasteiger charge is 2.66. The van der Waals surface area contributed by atoms with E-state index in [2.05, 4.69) is 13.5 Å². The van der Waals surface area contributed by atoms with E-state index in [0.29, 0.717) is 24.8 Å². The Bertz CT molecular complexity index is 441. The van der Waals surface area contributed by atoms with E-state index in [9.17, 15) is 15.0 Å². The maximum atomic E-state index is 12.1. The van der Waals surface area contributed by atoms with Crippen molar-refractivity contribution in [3.8, 4) is 0 Å². The maximum Gasteiger partial charge on any atom is 0.334 e. The van der Waals surface area contributed by atoms with E-state index in [-0.39, 0.29) is 17.8 Å². The fourth-order valence-electron chi connectivity index (χ4n) is 4.53. The highest BCUT2D eigenvalue weighted by Crippen LogP contribution is 2.58. The van der Waals surface area contributed by atoms with Gasteiger partial charge in [0, 0.05) is 17.4 Å². The zero-order chi connectivity index (χ0) is 14.0. The number of esters is 1. The van der Waals surface area contributed by atoms with E-state index in [1.807, 2.05) is 0 Å². The van der Waals surface area contributed by atoms with Gasteiger partial charge in [-0.2, -0.15) is 0 Å². The van der Waals surface area contributed by atoms with Crippen LogP contribution in [0.2, 0.25) is 0 Å². The zero-order valence-electron chi connectivity index (χ0n) is 11.6. The molecule has 0 unspecified atom stereocenters. The monoisotopic (exact) mass is 266 g/mol. The van der Waals surface area contributed by atoms with E-state index >= 15 is 0 Å². The van der Waals surface area contributed by atoms with Gasteiger partial charge in [0.2, 0.25) is 0 Å². The molecule has 0 amide bonds. The molecule has 2 bridgehead atoms. The van der Waals surface area contributed by atoms with Crippen molar-refractivity contribution in [1.82, 2.24) is 0 Å². The Balaban J connectivity index is 2.12. The first-order valence-corrected chi connectivity index (χ1v) is 7.11. The zero-order valence-corrected chi connectivity index (χ0v) is 11.6. The molecule has 0 radical (unpaired) electrons. The van der Waals surface area contributed by atoms with Crippen LogP contribution in [0, 0.1) is 17.8 Å². The molecule has 19 heavy (non-hydrogen) atoms. The number of ether oxygens (including phenoxy) is 1. The second kappa shape index (κ2) is 3.83. The summed E-state index contributed by atoms with van der Waals surface area (Å²) >= 11 is 0. The Kier molecular flexibility index (Phi) is 2.64. The van der Waals surface area contributed by atoms with Gasteiger partial charge in [-0.25, -0.2) is 4.79 Å². The van der Waals surface area contributed by atoms with Crippen molar-refractivity contribution in [2.45, 2.75) is 56.8 Å². The number of carbonyl (C=O) groups excluding carboxylic acids is 1. The van der Waals surface area contributed by atoms with Gasteiger partial charge in [0.1, 0.15) is 11.2 Å². The molecule has 1 heterocycles. The number of aliphatic hydroxyl groups is 2. The van der Waals surface area contributed by atoms with Gasteiger partial charge in [-0.05, 0) is 38.5 Å². The predicted octanol–water partition coefficient (Wildman–Crippen LogP) is 1.41. The molecule has 2 saturated carbocycles. The molecule has 1 spiro atoms. The van der Waals surface area contributed by atoms with Crippen molar-refractivity contribution in [2.24, 2.45) is 17.8 Å². The summed E-state index contributed by atoms with van der Waals surface area (Å²) in [5.74, 6) is -0.373. The van der Waals surface area contributed by atoms with E-state index in [1.165, 1.54) is 0 Å². The van der Waals surface area contributed by atoms with Crippen molar-refractivity contribution >= 4 is 5.97 Å². The Morgan fingerprint density at radius 3 is 2.84 bits per heavy atom. The molecule has 4 nitrogen and oxygen atoms in total. The molecule has 1 saturated heterocycles. The van der Waals surface area contributed by atoms with Gasteiger partial charge in [0.15, 0.2) is 0 Å². The topological polar surface area (TPSA) is 66.8 Å². The molecule has 3 fully saturated rings. The average molecular weight is 266 g/mol. The molecule has 2 aliphatic carbocycles. The second-order valence-electron chi connectivity index (χ2n) is 6.81. The van der Waals surface area contributed by atoms with E-state index in [0.717, 1.165) is 6.42 Å². The van der Waals surface area contributed by atoms with Crippen LogP contribution in [0.4, 0.5) is 0 Å². The fraction of sp³-hybridized carbons (Fsp3) is 0.800. The quantitative estimate of drug-likeness (QED) is 0.514. The Labute approximate surface area is 113 Å². The van der Waals surface area contributed by atoms with Crippen LogP contribution < -0.4 is 0 Å². The van der Waals surface area contributed by atoms with Crippen molar-refractivity contribution in [3.05, 3.63) is 12.2 Å². The van der Waals surface area contributed by atoms with Crippen LogP contribution in [0.5, 0.6) is 0 Å². The summed E-state index contributed by atoms with van der Waals surface area (Å²) < 4.78 is 5.70. The lowest BCUT2D eigenvalue weighted by molar-refractivity contribution is -0.206. The second-order valence-corrected chi connectivity index (χ2v) is 6.81. The minimum atomic E-state index is -1.01. The van der Waals surface area contributed by atoms with Crippen LogP contribution >= 0.6 is 0 Å². The van der Waals surface area contributed by atoms with Crippen molar-refractivity contribution in [1.29, 1.82) is 0 Å². The summed E-state index contributed by atoms with van der Waals surface area (Å²) in [6.07, 6.45) is 2.07. The number of fused-ring (bicyclic) bond motifs is 1. The first-order valence-electron chi connectivity index (χ1n) is 7.11. The molecule has 3 aliphatic rings. The molecule has 6 atom stereocenters. The normalized spacial score (nSPS) is 53.5. The molecule has 3 rings (SSSR count). The highest BCUT2D eigenvalue weighted by atomic mass is 16.6. The van der Waals surface area contributed by atoms with Gasteiger partial charge < -0.3 is 14.9 Å². The maximum absolute atomic E-state index is 12.1. The SMILES string of the molecule is C=C1C(=O)O[C@]23C[C@H]1[C@@H](O)C[C@H](C)[C@@H]2CC[C@@]3(C)O. The third-order valence-corrected chi connectivity index (χ3v) is 5.73. The largest absolute Gasteiger partial charge is 0.452 e. The number of hydrogen-bond acceptors (Lipinski definition) is 4. The molecular weight excluding hydrogens is 244 g/mol. The van der Waals surface area contributed by atoms with E-state index < -0.39 is 23.3 Å². The molecule has 0 aromatic heterocycles.